The molecule has 1 aromatic heterocycles. The van der Waals surface area contributed by atoms with Crippen molar-refractivity contribution < 1.29 is 9.18 Å². The summed E-state index contributed by atoms with van der Waals surface area (Å²) in [7, 11) is 0. The predicted octanol–water partition coefficient (Wildman–Crippen LogP) is 5.24. The average Bonchev–Trinajstić information content (AvgIpc) is 2.75. The molecule has 1 aliphatic heterocycles. The van der Waals surface area contributed by atoms with Crippen LogP contribution in [0.2, 0.25) is 5.02 Å². The van der Waals surface area contributed by atoms with Crippen molar-refractivity contribution in [2.75, 3.05) is 31.1 Å². The number of aryl methyl sites for hydroxylation is 1. The van der Waals surface area contributed by atoms with Crippen molar-refractivity contribution in [3.8, 4) is 0 Å². The van der Waals surface area contributed by atoms with Crippen molar-refractivity contribution >= 4 is 23.3 Å². The van der Waals surface area contributed by atoms with Gasteiger partial charge in [0.1, 0.15) is 17.5 Å². The summed E-state index contributed by atoms with van der Waals surface area (Å²) in [6, 6.07) is 4.78. The van der Waals surface area contributed by atoms with Gasteiger partial charge in [0, 0.05) is 66.8 Å². The fourth-order valence-corrected chi connectivity index (χ4v) is 4.28. The van der Waals surface area contributed by atoms with Gasteiger partial charge < -0.3 is 9.80 Å². The Hall–Kier alpha value is -2.21. The molecule has 0 aliphatic carbocycles. The Labute approximate surface area is 196 Å². The molecule has 0 spiro atoms. The van der Waals surface area contributed by atoms with Gasteiger partial charge in [-0.25, -0.2) is 14.4 Å². The molecular formula is C25H34ClFN4O. The van der Waals surface area contributed by atoms with Crippen LogP contribution in [-0.4, -0.2) is 47.0 Å². The number of anilines is 1. The van der Waals surface area contributed by atoms with E-state index in [1.54, 1.807) is 12.1 Å². The first-order valence-corrected chi connectivity index (χ1v) is 11.9. The second-order valence-corrected chi connectivity index (χ2v) is 9.59. The molecule has 1 aliphatic rings. The van der Waals surface area contributed by atoms with E-state index in [1.165, 1.54) is 6.07 Å². The summed E-state index contributed by atoms with van der Waals surface area (Å²) in [5.41, 5.74) is 2.32. The molecule has 5 nitrogen and oxygen atoms in total. The van der Waals surface area contributed by atoms with Gasteiger partial charge in [0.05, 0.1) is 0 Å². The molecule has 32 heavy (non-hydrogen) atoms. The second kappa shape index (κ2) is 10.6. The van der Waals surface area contributed by atoms with E-state index in [0.717, 1.165) is 29.3 Å². The maximum atomic E-state index is 14.6. The zero-order valence-corrected chi connectivity index (χ0v) is 20.5. The van der Waals surface area contributed by atoms with Crippen LogP contribution in [0.3, 0.4) is 0 Å². The Bertz CT molecular complexity index is 935. The maximum Gasteiger partial charge on any atom is 0.222 e. The number of aromatic nitrogens is 2. The highest BCUT2D eigenvalue weighted by atomic mass is 35.5. The lowest BCUT2D eigenvalue weighted by molar-refractivity contribution is -0.132. The Balaban J connectivity index is 1.95. The van der Waals surface area contributed by atoms with E-state index in [9.17, 15) is 9.18 Å². The lowest BCUT2D eigenvalue weighted by Gasteiger charge is -2.37. The SMILES string of the molecule is CCc1nc(C(C)C)nc(N2CCN(C(=O)CC(C)C)CC2)c1Cc1c(F)cccc1Cl. The molecular weight excluding hydrogens is 427 g/mol. The molecule has 1 saturated heterocycles. The lowest BCUT2D eigenvalue weighted by Crippen LogP contribution is -2.49. The van der Waals surface area contributed by atoms with Crippen LogP contribution < -0.4 is 4.90 Å². The largest absolute Gasteiger partial charge is 0.353 e. The summed E-state index contributed by atoms with van der Waals surface area (Å²) < 4.78 is 14.6. The summed E-state index contributed by atoms with van der Waals surface area (Å²) in [6.07, 6.45) is 1.64. The first-order valence-electron chi connectivity index (χ1n) is 11.6. The van der Waals surface area contributed by atoms with Crippen molar-refractivity contribution in [3.05, 3.63) is 51.7 Å². The van der Waals surface area contributed by atoms with E-state index in [1.807, 2.05) is 4.90 Å². The highest BCUT2D eigenvalue weighted by Gasteiger charge is 2.27. The molecule has 0 unspecified atom stereocenters. The number of rotatable bonds is 7. The van der Waals surface area contributed by atoms with E-state index in [-0.39, 0.29) is 17.6 Å². The summed E-state index contributed by atoms with van der Waals surface area (Å²) in [5, 5.41) is 0.412. The topological polar surface area (TPSA) is 49.3 Å². The number of carbonyl (C=O) groups is 1. The van der Waals surface area contributed by atoms with Crippen molar-refractivity contribution in [1.29, 1.82) is 0 Å². The van der Waals surface area contributed by atoms with Gasteiger partial charge in [0.25, 0.3) is 0 Å². The quantitative estimate of drug-likeness (QED) is 0.566. The van der Waals surface area contributed by atoms with Crippen LogP contribution in [0.4, 0.5) is 10.2 Å². The van der Waals surface area contributed by atoms with Crippen LogP contribution in [0.5, 0.6) is 0 Å². The Morgan fingerprint density at radius 2 is 1.78 bits per heavy atom. The standard InChI is InChI=1S/C25H34ClFN4O/c1-6-22-19(15-18-20(26)8-7-9-21(18)27)25(29-24(28-22)17(4)5)31-12-10-30(11-13-31)23(32)14-16(2)3/h7-9,16-17H,6,10-15H2,1-5H3. The number of benzene rings is 1. The molecule has 0 radical (unpaired) electrons. The fourth-order valence-electron chi connectivity index (χ4n) is 4.05. The Kier molecular flexibility index (Phi) is 8.10. The molecule has 1 fully saturated rings. The van der Waals surface area contributed by atoms with E-state index < -0.39 is 0 Å². The fraction of sp³-hybridized carbons (Fsp3) is 0.560. The number of halogens is 2. The first kappa shape index (κ1) is 24.4. The Morgan fingerprint density at radius 1 is 1.09 bits per heavy atom. The zero-order chi connectivity index (χ0) is 23.4. The van der Waals surface area contributed by atoms with Gasteiger partial charge in [-0.1, -0.05) is 52.3 Å². The van der Waals surface area contributed by atoms with Gasteiger partial charge in [0.2, 0.25) is 5.91 Å². The average molecular weight is 461 g/mol. The van der Waals surface area contributed by atoms with Gasteiger partial charge in [0.15, 0.2) is 0 Å². The molecule has 7 heteroatoms. The van der Waals surface area contributed by atoms with Crippen molar-refractivity contribution in [2.24, 2.45) is 5.92 Å². The highest BCUT2D eigenvalue weighted by molar-refractivity contribution is 6.31. The van der Waals surface area contributed by atoms with Crippen LogP contribution in [0.15, 0.2) is 18.2 Å². The summed E-state index contributed by atoms with van der Waals surface area (Å²) in [5.74, 6) is 2.05. The molecule has 2 aromatic rings. The molecule has 0 N–H and O–H groups in total. The number of amides is 1. The minimum absolute atomic E-state index is 0.180. The third-order valence-electron chi connectivity index (χ3n) is 5.87. The number of hydrogen-bond acceptors (Lipinski definition) is 4. The van der Waals surface area contributed by atoms with Crippen molar-refractivity contribution in [3.63, 3.8) is 0 Å². The van der Waals surface area contributed by atoms with Crippen LogP contribution in [-0.2, 0) is 17.6 Å². The third kappa shape index (κ3) is 5.58. The summed E-state index contributed by atoms with van der Waals surface area (Å²) in [4.78, 5) is 26.4. The third-order valence-corrected chi connectivity index (χ3v) is 6.22. The maximum absolute atomic E-state index is 14.6. The minimum atomic E-state index is -0.317. The number of carbonyl (C=O) groups excluding carboxylic acids is 1. The van der Waals surface area contributed by atoms with Crippen LogP contribution in [0, 0.1) is 11.7 Å². The second-order valence-electron chi connectivity index (χ2n) is 9.18. The van der Waals surface area contributed by atoms with Gasteiger partial charge in [-0.2, -0.15) is 0 Å². The highest BCUT2D eigenvalue weighted by Crippen LogP contribution is 2.31. The van der Waals surface area contributed by atoms with Gasteiger partial charge in [-0.15, -0.1) is 0 Å². The van der Waals surface area contributed by atoms with Gasteiger partial charge >= 0.3 is 0 Å². The monoisotopic (exact) mass is 460 g/mol. The van der Waals surface area contributed by atoms with E-state index in [2.05, 4.69) is 39.5 Å². The van der Waals surface area contributed by atoms with Crippen molar-refractivity contribution in [2.45, 2.75) is 59.8 Å². The summed E-state index contributed by atoms with van der Waals surface area (Å²) >= 11 is 6.35. The molecule has 1 amide bonds. The smallest absolute Gasteiger partial charge is 0.222 e. The molecule has 0 saturated carbocycles. The first-order chi connectivity index (χ1) is 15.2. The molecule has 1 aromatic carbocycles. The lowest BCUT2D eigenvalue weighted by atomic mass is 10.0. The van der Waals surface area contributed by atoms with E-state index in [0.29, 0.717) is 55.5 Å². The van der Waals surface area contributed by atoms with Gasteiger partial charge in [-0.05, 0) is 24.5 Å². The predicted molar refractivity (Wildman–Crippen MR) is 128 cm³/mol. The molecule has 0 bridgehead atoms. The molecule has 0 atom stereocenters. The number of hydrogen-bond donors (Lipinski definition) is 0. The van der Waals surface area contributed by atoms with E-state index in [4.69, 9.17) is 21.6 Å². The molecule has 174 valence electrons. The normalized spacial score (nSPS) is 14.5. The number of nitrogens with zero attached hydrogens (tertiary/aromatic N) is 4. The Morgan fingerprint density at radius 3 is 2.34 bits per heavy atom. The molecule has 3 rings (SSSR count). The van der Waals surface area contributed by atoms with Crippen molar-refractivity contribution in [1.82, 2.24) is 14.9 Å². The van der Waals surface area contributed by atoms with Crippen LogP contribution in [0.25, 0.3) is 0 Å². The zero-order valence-electron chi connectivity index (χ0n) is 19.8. The summed E-state index contributed by atoms with van der Waals surface area (Å²) in [6.45, 7) is 13.1. The minimum Gasteiger partial charge on any atom is -0.353 e. The number of piperazine rings is 1. The van der Waals surface area contributed by atoms with Crippen LogP contribution >= 0.6 is 11.6 Å². The van der Waals surface area contributed by atoms with Crippen LogP contribution in [0.1, 0.15) is 69.6 Å². The van der Waals surface area contributed by atoms with Gasteiger partial charge in [-0.3, -0.25) is 4.79 Å². The molecule has 2 heterocycles. The van der Waals surface area contributed by atoms with E-state index >= 15 is 0 Å².